The first-order chi connectivity index (χ1) is 7.45. The minimum atomic E-state index is -1.26. The van der Waals surface area contributed by atoms with Crippen LogP contribution in [0.2, 0.25) is 0 Å². The smallest absolute Gasteiger partial charge is 0.335 e. The molecule has 6 nitrogen and oxygen atoms in total. The summed E-state index contributed by atoms with van der Waals surface area (Å²) in [6.45, 7) is 6.00. The van der Waals surface area contributed by atoms with E-state index < -0.39 is 17.5 Å². The Bertz CT molecular complexity index is 373. The molecule has 0 aliphatic carbocycles. The van der Waals surface area contributed by atoms with E-state index in [0.29, 0.717) is 12.4 Å². The van der Waals surface area contributed by atoms with E-state index in [1.165, 1.54) is 13.4 Å². The second-order valence-electron chi connectivity index (χ2n) is 4.05. The lowest BCUT2D eigenvalue weighted by molar-refractivity contribution is -0.154. The number of ether oxygens (including phenoxy) is 1. The van der Waals surface area contributed by atoms with Crippen molar-refractivity contribution in [3.05, 3.63) is 12.2 Å². The molecule has 0 bridgehead atoms. The van der Waals surface area contributed by atoms with Crippen LogP contribution in [-0.4, -0.2) is 39.1 Å². The van der Waals surface area contributed by atoms with Gasteiger partial charge in [0.2, 0.25) is 0 Å². The van der Waals surface area contributed by atoms with Crippen molar-refractivity contribution >= 4 is 5.97 Å². The third-order valence-electron chi connectivity index (χ3n) is 2.60. The molecule has 1 aromatic heterocycles. The number of aliphatic hydroxyl groups is 1. The number of aliphatic hydroxyl groups excluding tert-OH is 1. The van der Waals surface area contributed by atoms with Crippen LogP contribution >= 0.6 is 0 Å². The lowest BCUT2D eigenvalue weighted by atomic mass is 9.85. The molecular weight excluding hydrogens is 210 g/mol. The quantitative estimate of drug-likeness (QED) is 0.739. The van der Waals surface area contributed by atoms with Gasteiger partial charge in [0.15, 0.2) is 6.10 Å². The van der Waals surface area contributed by atoms with E-state index in [1.54, 1.807) is 18.5 Å². The van der Waals surface area contributed by atoms with Crippen LogP contribution in [0, 0.1) is 0 Å². The maximum absolute atomic E-state index is 11.3. The Kier molecular flexibility index (Phi) is 3.64. The summed E-state index contributed by atoms with van der Waals surface area (Å²) < 4.78 is 6.17. The first-order valence-corrected chi connectivity index (χ1v) is 5.09. The van der Waals surface area contributed by atoms with Gasteiger partial charge >= 0.3 is 5.97 Å². The third-order valence-corrected chi connectivity index (χ3v) is 2.60. The highest BCUT2D eigenvalue weighted by molar-refractivity contribution is 5.76. The van der Waals surface area contributed by atoms with Gasteiger partial charge in [0, 0.05) is 6.54 Å². The number of hydrogen-bond donors (Lipinski definition) is 1. The van der Waals surface area contributed by atoms with E-state index in [0.717, 1.165) is 0 Å². The minimum Gasteiger partial charge on any atom is -0.467 e. The van der Waals surface area contributed by atoms with E-state index in [4.69, 9.17) is 0 Å². The normalized spacial score (nSPS) is 13.6. The van der Waals surface area contributed by atoms with Gasteiger partial charge in [0.05, 0.1) is 12.5 Å². The standard InChI is InChI=1S/C10H17N3O3/c1-5-13-9(11-6-12-13)10(2,3)7(14)8(15)16-4/h6-7,14H,5H2,1-4H3. The fourth-order valence-electron chi connectivity index (χ4n) is 1.52. The van der Waals surface area contributed by atoms with E-state index in [9.17, 15) is 9.90 Å². The van der Waals surface area contributed by atoms with Gasteiger partial charge in [0.1, 0.15) is 12.2 Å². The molecule has 1 atom stereocenters. The predicted octanol–water partition coefficient (Wildman–Crippen LogP) is 0.109. The summed E-state index contributed by atoms with van der Waals surface area (Å²) in [6, 6.07) is 0. The van der Waals surface area contributed by atoms with Gasteiger partial charge in [-0.2, -0.15) is 5.10 Å². The number of aryl methyl sites for hydroxylation is 1. The Morgan fingerprint density at radius 2 is 2.31 bits per heavy atom. The molecule has 0 fully saturated rings. The fourth-order valence-corrected chi connectivity index (χ4v) is 1.52. The first kappa shape index (κ1) is 12.6. The number of carbonyl (C=O) groups is 1. The molecule has 1 N–H and O–H groups in total. The van der Waals surface area contributed by atoms with Gasteiger partial charge in [-0.3, -0.25) is 0 Å². The highest BCUT2D eigenvalue weighted by atomic mass is 16.5. The molecule has 16 heavy (non-hydrogen) atoms. The summed E-state index contributed by atoms with van der Waals surface area (Å²) >= 11 is 0. The lowest BCUT2D eigenvalue weighted by Crippen LogP contribution is -2.42. The van der Waals surface area contributed by atoms with Crippen molar-refractivity contribution in [2.24, 2.45) is 0 Å². The zero-order valence-electron chi connectivity index (χ0n) is 9.97. The molecule has 0 amide bonds. The predicted molar refractivity (Wildman–Crippen MR) is 56.7 cm³/mol. The molecule has 0 spiro atoms. The molecule has 90 valence electrons. The van der Waals surface area contributed by atoms with Gasteiger partial charge in [-0.1, -0.05) is 0 Å². The summed E-state index contributed by atoms with van der Waals surface area (Å²) in [4.78, 5) is 15.4. The number of esters is 1. The number of hydrogen-bond acceptors (Lipinski definition) is 5. The molecule has 1 unspecified atom stereocenters. The van der Waals surface area contributed by atoms with Crippen molar-refractivity contribution in [3.63, 3.8) is 0 Å². The minimum absolute atomic E-state index is 0.563. The average molecular weight is 227 g/mol. The van der Waals surface area contributed by atoms with Crippen molar-refractivity contribution in [2.45, 2.75) is 38.8 Å². The van der Waals surface area contributed by atoms with Gasteiger partial charge < -0.3 is 9.84 Å². The second kappa shape index (κ2) is 4.61. The zero-order valence-corrected chi connectivity index (χ0v) is 9.97. The summed E-state index contributed by atoms with van der Waals surface area (Å²) in [5.41, 5.74) is -0.834. The van der Waals surface area contributed by atoms with E-state index >= 15 is 0 Å². The van der Waals surface area contributed by atoms with Crippen molar-refractivity contribution in [1.29, 1.82) is 0 Å². The molecule has 6 heteroatoms. The lowest BCUT2D eigenvalue weighted by Gasteiger charge is -2.27. The third kappa shape index (κ3) is 2.06. The zero-order chi connectivity index (χ0) is 12.3. The molecule has 0 aliphatic heterocycles. The number of nitrogens with zero attached hydrogens (tertiary/aromatic N) is 3. The van der Waals surface area contributed by atoms with Gasteiger partial charge in [-0.05, 0) is 20.8 Å². The Labute approximate surface area is 94.2 Å². The Balaban J connectivity index is 3.05. The Morgan fingerprint density at radius 1 is 1.69 bits per heavy atom. The highest BCUT2D eigenvalue weighted by Gasteiger charge is 2.39. The Hall–Kier alpha value is -1.43. The van der Waals surface area contributed by atoms with Crippen molar-refractivity contribution in [2.75, 3.05) is 7.11 Å². The number of methoxy groups -OCH3 is 1. The molecule has 1 rings (SSSR count). The summed E-state index contributed by atoms with van der Waals surface area (Å²) in [5, 5.41) is 13.9. The molecule has 1 heterocycles. The fraction of sp³-hybridized carbons (Fsp3) is 0.700. The van der Waals surface area contributed by atoms with Crippen molar-refractivity contribution < 1.29 is 14.6 Å². The molecule has 1 aromatic rings. The van der Waals surface area contributed by atoms with E-state index in [2.05, 4.69) is 14.8 Å². The molecule has 0 aromatic carbocycles. The summed E-state index contributed by atoms with van der Waals surface area (Å²) in [7, 11) is 1.24. The van der Waals surface area contributed by atoms with Crippen LogP contribution in [-0.2, 0) is 21.5 Å². The summed E-state index contributed by atoms with van der Waals surface area (Å²) in [6.07, 6.45) is 0.150. The largest absolute Gasteiger partial charge is 0.467 e. The number of carbonyl (C=O) groups excluding carboxylic acids is 1. The van der Waals surface area contributed by atoms with Gasteiger partial charge in [0.25, 0.3) is 0 Å². The van der Waals surface area contributed by atoms with Gasteiger partial charge in [-0.25, -0.2) is 14.5 Å². The van der Waals surface area contributed by atoms with Crippen LogP contribution in [0.5, 0.6) is 0 Å². The van der Waals surface area contributed by atoms with Crippen LogP contribution in [0.1, 0.15) is 26.6 Å². The monoisotopic (exact) mass is 227 g/mol. The number of rotatable bonds is 4. The van der Waals surface area contributed by atoms with Crippen LogP contribution in [0.3, 0.4) is 0 Å². The van der Waals surface area contributed by atoms with Crippen LogP contribution in [0.4, 0.5) is 0 Å². The van der Waals surface area contributed by atoms with Crippen molar-refractivity contribution in [3.8, 4) is 0 Å². The maximum Gasteiger partial charge on any atom is 0.335 e. The average Bonchev–Trinajstić information content (AvgIpc) is 2.75. The SMILES string of the molecule is CCn1ncnc1C(C)(C)C(O)C(=O)OC. The van der Waals surface area contributed by atoms with E-state index in [-0.39, 0.29) is 0 Å². The van der Waals surface area contributed by atoms with Crippen LogP contribution < -0.4 is 0 Å². The number of aromatic nitrogens is 3. The van der Waals surface area contributed by atoms with Crippen LogP contribution in [0.15, 0.2) is 6.33 Å². The Morgan fingerprint density at radius 3 is 2.81 bits per heavy atom. The molecule has 0 saturated heterocycles. The van der Waals surface area contributed by atoms with Gasteiger partial charge in [-0.15, -0.1) is 0 Å². The molecule has 0 radical (unpaired) electrons. The molecule has 0 aliphatic rings. The molecular formula is C10H17N3O3. The summed E-state index contributed by atoms with van der Waals surface area (Å²) in [5.74, 6) is -0.108. The second-order valence-corrected chi connectivity index (χ2v) is 4.05. The van der Waals surface area contributed by atoms with E-state index in [1.807, 2.05) is 6.92 Å². The topological polar surface area (TPSA) is 77.2 Å². The van der Waals surface area contributed by atoms with Crippen molar-refractivity contribution in [1.82, 2.24) is 14.8 Å². The van der Waals surface area contributed by atoms with Crippen LogP contribution in [0.25, 0.3) is 0 Å². The molecule has 0 saturated carbocycles. The first-order valence-electron chi connectivity index (χ1n) is 5.09. The maximum atomic E-state index is 11.3. The highest BCUT2D eigenvalue weighted by Crippen LogP contribution is 2.25.